The summed E-state index contributed by atoms with van der Waals surface area (Å²) in [6.07, 6.45) is -4.74. The molecular formula is C15H14F3N3O4S. The highest BCUT2D eigenvalue weighted by molar-refractivity contribution is 7.99. The monoisotopic (exact) mass is 389 g/mol. The smallest absolute Gasteiger partial charge is 0.433 e. The summed E-state index contributed by atoms with van der Waals surface area (Å²) in [4.78, 5) is 28.7. The maximum absolute atomic E-state index is 12.6. The van der Waals surface area contributed by atoms with Crippen molar-refractivity contribution in [2.45, 2.75) is 11.3 Å². The van der Waals surface area contributed by atoms with Crippen LogP contribution in [0.3, 0.4) is 0 Å². The first-order valence-electron chi connectivity index (χ1n) is 7.06. The van der Waals surface area contributed by atoms with Gasteiger partial charge in [0.25, 0.3) is 5.56 Å². The number of aromatic nitrogens is 2. The molecule has 1 heterocycles. The van der Waals surface area contributed by atoms with Crippen LogP contribution in [0.2, 0.25) is 0 Å². The van der Waals surface area contributed by atoms with Gasteiger partial charge in [-0.2, -0.15) is 13.2 Å². The molecule has 7 nitrogen and oxygen atoms in total. The normalized spacial score (nSPS) is 11.1. The summed E-state index contributed by atoms with van der Waals surface area (Å²) in [5.41, 5.74) is -1.85. The molecule has 0 atom stereocenters. The molecule has 0 unspecified atom stereocenters. The first-order chi connectivity index (χ1) is 12.2. The molecule has 1 aromatic heterocycles. The minimum absolute atomic E-state index is 0.251. The minimum Gasteiger partial charge on any atom is -0.493 e. The van der Waals surface area contributed by atoms with Crippen molar-refractivity contribution < 1.29 is 27.4 Å². The van der Waals surface area contributed by atoms with Gasteiger partial charge in [-0.1, -0.05) is 11.8 Å². The number of hydrogen-bond acceptors (Lipinski definition) is 6. The predicted octanol–water partition coefficient (Wildman–Crippen LogP) is 2.54. The van der Waals surface area contributed by atoms with Crippen LogP contribution in [0.25, 0.3) is 0 Å². The zero-order valence-electron chi connectivity index (χ0n) is 13.6. The van der Waals surface area contributed by atoms with Gasteiger partial charge in [0, 0.05) is 17.8 Å². The SMILES string of the molecule is COc1ccc(NC(=O)CSc2nc(C(F)(F)F)cc(=O)[nH]2)cc1OC. The van der Waals surface area contributed by atoms with Crippen LogP contribution in [-0.4, -0.2) is 35.8 Å². The average molecular weight is 389 g/mol. The molecular weight excluding hydrogens is 375 g/mol. The summed E-state index contributed by atoms with van der Waals surface area (Å²) >= 11 is 0.675. The maximum atomic E-state index is 12.6. The number of H-pyrrole nitrogens is 1. The Labute approximate surface area is 149 Å². The van der Waals surface area contributed by atoms with Crippen LogP contribution >= 0.6 is 11.8 Å². The molecule has 0 spiro atoms. The minimum atomic E-state index is -4.74. The number of methoxy groups -OCH3 is 2. The van der Waals surface area contributed by atoms with Gasteiger partial charge in [-0.25, -0.2) is 4.98 Å². The van der Waals surface area contributed by atoms with Crippen molar-refractivity contribution in [3.8, 4) is 11.5 Å². The third-order valence-corrected chi connectivity index (χ3v) is 3.89. The Bertz CT molecular complexity index is 855. The molecule has 2 rings (SSSR count). The third-order valence-electron chi connectivity index (χ3n) is 3.02. The number of benzene rings is 1. The molecule has 0 bridgehead atoms. The number of carbonyl (C=O) groups excluding carboxylic acids is 1. The molecule has 0 fully saturated rings. The van der Waals surface area contributed by atoms with E-state index in [-0.39, 0.29) is 10.9 Å². The fraction of sp³-hybridized carbons (Fsp3) is 0.267. The molecule has 0 saturated heterocycles. The number of carbonyl (C=O) groups is 1. The summed E-state index contributed by atoms with van der Waals surface area (Å²) in [7, 11) is 2.91. The number of rotatable bonds is 6. The van der Waals surface area contributed by atoms with E-state index in [1.54, 1.807) is 12.1 Å². The second-order valence-electron chi connectivity index (χ2n) is 4.84. The highest BCUT2D eigenvalue weighted by atomic mass is 32.2. The molecule has 0 saturated carbocycles. The molecule has 0 aliphatic heterocycles. The van der Waals surface area contributed by atoms with E-state index in [4.69, 9.17) is 9.47 Å². The predicted molar refractivity (Wildman–Crippen MR) is 88.8 cm³/mol. The summed E-state index contributed by atoms with van der Waals surface area (Å²) < 4.78 is 48.1. The van der Waals surface area contributed by atoms with Crippen LogP contribution in [0.4, 0.5) is 18.9 Å². The largest absolute Gasteiger partial charge is 0.493 e. The van der Waals surface area contributed by atoms with Crippen molar-refractivity contribution in [1.29, 1.82) is 0 Å². The van der Waals surface area contributed by atoms with Crippen molar-refractivity contribution >= 4 is 23.4 Å². The van der Waals surface area contributed by atoms with E-state index in [2.05, 4.69) is 15.3 Å². The quantitative estimate of drug-likeness (QED) is 0.583. The van der Waals surface area contributed by atoms with E-state index in [0.29, 0.717) is 35.0 Å². The highest BCUT2D eigenvalue weighted by Crippen LogP contribution is 2.30. The molecule has 1 amide bonds. The van der Waals surface area contributed by atoms with Crippen LogP contribution in [0, 0.1) is 0 Å². The van der Waals surface area contributed by atoms with E-state index in [1.165, 1.54) is 20.3 Å². The van der Waals surface area contributed by atoms with Gasteiger partial charge in [0.05, 0.1) is 20.0 Å². The van der Waals surface area contributed by atoms with E-state index in [0.717, 1.165) is 0 Å². The summed E-state index contributed by atoms with van der Waals surface area (Å²) in [6, 6.07) is 5.06. The molecule has 0 radical (unpaired) electrons. The van der Waals surface area contributed by atoms with Gasteiger partial charge in [0.1, 0.15) is 0 Å². The standard InChI is InChI=1S/C15H14F3N3O4S/c1-24-9-4-3-8(5-10(9)25-2)19-13(23)7-26-14-20-11(15(16,17)18)6-12(22)21-14/h3-6H,7H2,1-2H3,(H,19,23)(H,20,21,22). The lowest BCUT2D eigenvalue weighted by molar-refractivity contribution is -0.141. The van der Waals surface area contributed by atoms with Crippen molar-refractivity contribution in [1.82, 2.24) is 9.97 Å². The lowest BCUT2D eigenvalue weighted by atomic mass is 10.2. The van der Waals surface area contributed by atoms with Crippen molar-refractivity contribution in [3.05, 3.63) is 40.3 Å². The molecule has 0 aliphatic rings. The maximum Gasteiger partial charge on any atom is 0.433 e. The van der Waals surface area contributed by atoms with Gasteiger partial charge in [-0.3, -0.25) is 9.59 Å². The number of aromatic amines is 1. The molecule has 2 aromatic rings. The third kappa shape index (κ3) is 5.15. The summed E-state index contributed by atoms with van der Waals surface area (Å²) in [6.45, 7) is 0. The van der Waals surface area contributed by atoms with Crippen molar-refractivity contribution in [2.24, 2.45) is 0 Å². The fourth-order valence-corrected chi connectivity index (χ4v) is 2.57. The lowest BCUT2D eigenvalue weighted by Gasteiger charge is -2.10. The molecule has 1 aromatic carbocycles. The van der Waals surface area contributed by atoms with Crippen LogP contribution < -0.4 is 20.3 Å². The molecule has 11 heteroatoms. The number of ether oxygens (including phenoxy) is 2. The number of halogens is 3. The fourth-order valence-electron chi connectivity index (χ4n) is 1.89. The number of alkyl halides is 3. The van der Waals surface area contributed by atoms with Gasteiger partial charge < -0.3 is 19.8 Å². The number of thioether (sulfide) groups is 1. The average Bonchev–Trinajstić information content (AvgIpc) is 2.58. The van der Waals surface area contributed by atoms with Gasteiger partial charge >= 0.3 is 6.18 Å². The Kier molecular flexibility index (Phi) is 6.14. The number of nitrogens with one attached hydrogen (secondary N) is 2. The molecule has 26 heavy (non-hydrogen) atoms. The van der Waals surface area contributed by atoms with E-state index in [1.807, 2.05) is 0 Å². The first-order valence-corrected chi connectivity index (χ1v) is 8.04. The second kappa shape index (κ2) is 8.13. The van der Waals surface area contributed by atoms with E-state index >= 15 is 0 Å². The highest BCUT2D eigenvalue weighted by Gasteiger charge is 2.33. The topological polar surface area (TPSA) is 93.3 Å². The molecule has 2 N–H and O–H groups in total. The Morgan fingerprint density at radius 1 is 1.23 bits per heavy atom. The van der Waals surface area contributed by atoms with Crippen LogP contribution in [0.5, 0.6) is 11.5 Å². The van der Waals surface area contributed by atoms with Crippen LogP contribution in [0.1, 0.15) is 5.69 Å². The zero-order chi connectivity index (χ0) is 19.3. The Morgan fingerprint density at radius 3 is 2.54 bits per heavy atom. The van der Waals surface area contributed by atoms with Gasteiger partial charge in [-0.15, -0.1) is 0 Å². The number of nitrogens with zero attached hydrogens (tertiary/aromatic N) is 1. The molecule has 0 aliphatic carbocycles. The van der Waals surface area contributed by atoms with Gasteiger partial charge in [0.2, 0.25) is 5.91 Å². The van der Waals surface area contributed by atoms with E-state index < -0.39 is 23.3 Å². The van der Waals surface area contributed by atoms with Crippen LogP contribution in [0.15, 0.2) is 34.2 Å². The Balaban J connectivity index is 2.03. The van der Waals surface area contributed by atoms with Crippen molar-refractivity contribution in [2.75, 3.05) is 25.3 Å². The number of anilines is 1. The Hall–Kier alpha value is -2.69. The van der Waals surface area contributed by atoms with Crippen molar-refractivity contribution in [3.63, 3.8) is 0 Å². The summed E-state index contributed by atoms with van der Waals surface area (Å²) in [5.74, 6) is 0.133. The zero-order valence-corrected chi connectivity index (χ0v) is 14.5. The lowest BCUT2D eigenvalue weighted by Crippen LogP contribution is -2.18. The Morgan fingerprint density at radius 2 is 1.92 bits per heavy atom. The summed E-state index contributed by atoms with van der Waals surface area (Å²) in [5, 5.41) is 2.26. The van der Waals surface area contributed by atoms with Gasteiger partial charge in [-0.05, 0) is 12.1 Å². The van der Waals surface area contributed by atoms with Gasteiger partial charge in [0.15, 0.2) is 22.3 Å². The van der Waals surface area contributed by atoms with E-state index in [9.17, 15) is 22.8 Å². The first kappa shape index (κ1) is 19.6. The second-order valence-corrected chi connectivity index (χ2v) is 5.80. The number of amides is 1. The van der Waals surface area contributed by atoms with Crippen LogP contribution in [-0.2, 0) is 11.0 Å². The molecule has 140 valence electrons. The number of hydrogen-bond donors (Lipinski definition) is 2.